The second-order valence-electron chi connectivity index (χ2n) is 5.28. The third-order valence-corrected chi connectivity index (χ3v) is 5.33. The molecule has 1 aliphatic heterocycles. The van der Waals surface area contributed by atoms with Gasteiger partial charge in [0.2, 0.25) is 0 Å². The lowest BCUT2D eigenvalue weighted by Gasteiger charge is -2.27. The van der Waals surface area contributed by atoms with Crippen LogP contribution in [-0.2, 0) is 9.84 Å². The molecule has 0 radical (unpaired) electrons. The van der Waals surface area contributed by atoms with Gasteiger partial charge in [0.25, 0.3) is 0 Å². The van der Waals surface area contributed by atoms with Crippen LogP contribution in [0, 0.1) is 0 Å². The molecule has 0 N–H and O–H groups in total. The normalized spacial score (nSPS) is 20.1. The number of unbranched alkanes of at least 4 members (excludes halogenated alkanes) is 1. The first-order valence-corrected chi connectivity index (χ1v) is 9.08. The summed E-state index contributed by atoms with van der Waals surface area (Å²) in [6, 6.07) is 8.58. The maximum Gasteiger partial charge on any atom is 0.415 e. The predicted octanol–water partition coefficient (Wildman–Crippen LogP) is 2.47. The molecule has 6 heteroatoms. The van der Waals surface area contributed by atoms with Crippen LogP contribution in [0.3, 0.4) is 0 Å². The van der Waals surface area contributed by atoms with E-state index in [2.05, 4.69) is 0 Å². The average molecular weight is 311 g/mol. The van der Waals surface area contributed by atoms with E-state index in [1.165, 1.54) is 0 Å². The van der Waals surface area contributed by atoms with Crippen molar-refractivity contribution in [2.75, 3.05) is 18.1 Å². The number of carbonyl (C=O) groups is 1. The summed E-state index contributed by atoms with van der Waals surface area (Å²) in [6.07, 6.45) is 1.81. The molecule has 0 saturated carbocycles. The standard InChI is InChI=1S/C15H21NO4S/c1-2-3-10-16(13-9-11-21(18,19)12-13)15(17)20-14-7-5-4-6-8-14/h4-8,13H,2-3,9-12H2,1H3/t13-/m0/s1. The van der Waals surface area contributed by atoms with Gasteiger partial charge in [0, 0.05) is 12.6 Å². The fourth-order valence-corrected chi connectivity index (χ4v) is 4.15. The minimum Gasteiger partial charge on any atom is -0.410 e. The zero-order chi connectivity index (χ0) is 15.3. The molecule has 5 nitrogen and oxygen atoms in total. The van der Waals surface area contributed by atoms with Crippen molar-refractivity contribution in [1.29, 1.82) is 0 Å². The van der Waals surface area contributed by atoms with E-state index in [9.17, 15) is 13.2 Å². The van der Waals surface area contributed by atoms with Gasteiger partial charge in [-0.1, -0.05) is 31.5 Å². The number of hydrogen-bond donors (Lipinski definition) is 0. The number of benzene rings is 1. The highest BCUT2D eigenvalue weighted by molar-refractivity contribution is 7.91. The molecule has 2 rings (SSSR count). The van der Waals surface area contributed by atoms with Gasteiger partial charge in [-0.3, -0.25) is 0 Å². The first kappa shape index (κ1) is 15.8. The van der Waals surface area contributed by atoms with E-state index in [-0.39, 0.29) is 17.5 Å². The fourth-order valence-electron chi connectivity index (χ4n) is 2.42. The Balaban J connectivity index is 2.06. The zero-order valence-electron chi connectivity index (χ0n) is 12.2. The molecule has 1 amide bonds. The number of ether oxygens (including phenoxy) is 1. The van der Waals surface area contributed by atoms with Crippen molar-refractivity contribution in [3.63, 3.8) is 0 Å². The van der Waals surface area contributed by atoms with Gasteiger partial charge in [0.15, 0.2) is 9.84 Å². The van der Waals surface area contributed by atoms with Crippen molar-refractivity contribution >= 4 is 15.9 Å². The molecule has 1 aliphatic rings. The van der Waals surface area contributed by atoms with Crippen molar-refractivity contribution in [3.8, 4) is 5.75 Å². The number of rotatable bonds is 5. The monoisotopic (exact) mass is 311 g/mol. The highest BCUT2D eigenvalue weighted by Gasteiger charge is 2.35. The lowest BCUT2D eigenvalue weighted by Crippen LogP contribution is -2.43. The Kier molecular flexibility index (Phi) is 5.22. The van der Waals surface area contributed by atoms with Crippen LogP contribution in [0.5, 0.6) is 5.75 Å². The largest absolute Gasteiger partial charge is 0.415 e. The summed E-state index contributed by atoms with van der Waals surface area (Å²) in [5, 5.41) is 0. The minimum atomic E-state index is -3.02. The highest BCUT2D eigenvalue weighted by atomic mass is 32.2. The fraction of sp³-hybridized carbons (Fsp3) is 0.533. The van der Waals surface area contributed by atoms with Crippen LogP contribution < -0.4 is 4.74 Å². The molecule has 0 unspecified atom stereocenters. The van der Waals surface area contributed by atoms with Gasteiger partial charge in [-0.25, -0.2) is 13.2 Å². The quantitative estimate of drug-likeness (QED) is 0.838. The molecular formula is C15H21NO4S. The Morgan fingerprint density at radius 1 is 1.33 bits per heavy atom. The Morgan fingerprint density at radius 3 is 2.62 bits per heavy atom. The van der Waals surface area contributed by atoms with Crippen molar-refractivity contribution < 1.29 is 17.9 Å². The van der Waals surface area contributed by atoms with E-state index >= 15 is 0 Å². The van der Waals surface area contributed by atoms with E-state index < -0.39 is 15.9 Å². The smallest absolute Gasteiger partial charge is 0.410 e. The van der Waals surface area contributed by atoms with Crippen LogP contribution >= 0.6 is 0 Å². The maximum absolute atomic E-state index is 12.3. The average Bonchev–Trinajstić information content (AvgIpc) is 2.80. The van der Waals surface area contributed by atoms with Gasteiger partial charge < -0.3 is 9.64 Å². The summed E-state index contributed by atoms with van der Waals surface area (Å²) < 4.78 is 28.6. The number of amides is 1. The van der Waals surface area contributed by atoms with Crippen LogP contribution in [0.25, 0.3) is 0 Å². The van der Waals surface area contributed by atoms with E-state index in [1.807, 2.05) is 13.0 Å². The van der Waals surface area contributed by atoms with Gasteiger partial charge in [-0.05, 0) is 25.0 Å². The first-order chi connectivity index (χ1) is 10.0. The number of para-hydroxylation sites is 1. The third kappa shape index (κ3) is 4.46. The summed E-state index contributed by atoms with van der Waals surface area (Å²) in [4.78, 5) is 13.9. The van der Waals surface area contributed by atoms with Gasteiger partial charge in [-0.2, -0.15) is 0 Å². The first-order valence-electron chi connectivity index (χ1n) is 7.26. The molecule has 21 heavy (non-hydrogen) atoms. The van der Waals surface area contributed by atoms with Gasteiger partial charge in [0.05, 0.1) is 11.5 Å². The lowest BCUT2D eigenvalue weighted by atomic mass is 10.2. The van der Waals surface area contributed by atoms with Crippen molar-refractivity contribution in [3.05, 3.63) is 30.3 Å². The minimum absolute atomic E-state index is 0.0423. The molecule has 1 aromatic carbocycles. The number of nitrogens with zero attached hydrogens (tertiary/aromatic N) is 1. The summed E-state index contributed by atoms with van der Waals surface area (Å²) in [5.74, 6) is 0.671. The Bertz CT molecular complexity index is 571. The molecule has 116 valence electrons. The van der Waals surface area contributed by atoms with Crippen LogP contribution in [0.4, 0.5) is 4.79 Å². The molecule has 0 bridgehead atoms. The maximum atomic E-state index is 12.3. The highest BCUT2D eigenvalue weighted by Crippen LogP contribution is 2.20. The molecule has 0 spiro atoms. The van der Waals surface area contributed by atoms with Crippen molar-refractivity contribution in [2.45, 2.75) is 32.2 Å². The molecule has 0 aromatic heterocycles. The topological polar surface area (TPSA) is 63.7 Å². The Hall–Kier alpha value is -1.56. The molecule has 1 saturated heterocycles. The van der Waals surface area contributed by atoms with Crippen molar-refractivity contribution in [2.24, 2.45) is 0 Å². The molecule has 1 atom stereocenters. The third-order valence-electron chi connectivity index (χ3n) is 3.58. The lowest BCUT2D eigenvalue weighted by molar-refractivity contribution is 0.135. The van der Waals surface area contributed by atoms with E-state index in [0.717, 1.165) is 12.8 Å². The van der Waals surface area contributed by atoms with E-state index in [1.54, 1.807) is 29.2 Å². The summed E-state index contributed by atoms with van der Waals surface area (Å²) in [6.45, 7) is 2.56. The summed E-state index contributed by atoms with van der Waals surface area (Å²) in [5.41, 5.74) is 0. The second kappa shape index (κ2) is 6.93. The molecule has 0 aliphatic carbocycles. The van der Waals surface area contributed by atoms with Gasteiger partial charge in [-0.15, -0.1) is 0 Å². The molecule has 1 fully saturated rings. The Morgan fingerprint density at radius 2 is 2.05 bits per heavy atom. The van der Waals surface area contributed by atoms with Crippen LogP contribution in [0.15, 0.2) is 30.3 Å². The van der Waals surface area contributed by atoms with Crippen LogP contribution in [-0.4, -0.2) is 43.5 Å². The zero-order valence-corrected chi connectivity index (χ0v) is 13.0. The summed E-state index contributed by atoms with van der Waals surface area (Å²) >= 11 is 0. The SMILES string of the molecule is CCCCN(C(=O)Oc1ccccc1)[C@H]1CCS(=O)(=O)C1. The number of carbonyl (C=O) groups excluding carboxylic acids is 1. The van der Waals surface area contributed by atoms with Crippen LogP contribution in [0.1, 0.15) is 26.2 Å². The second-order valence-corrected chi connectivity index (χ2v) is 7.51. The van der Waals surface area contributed by atoms with Crippen molar-refractivity contribution in [1.82, 2.24) is 4.90 Å². The van der Waals surface area contributed by atoms with E-state index in [0.29, 0.717) is 18.7 Å². The summed E-state index contributed by atoms with van der Waals surface area (Å²) in [7, 11) is -3.02. The number of sulfone groups is 1. The Labute approximate surface area is 125 Å². The molecular weight excluding hydrogens is 290 g/mol. The molecule has 1 heterocycles. The van der Waals surface area contributed by atoms with Gasteiger partial charge >= 0.3 is 6.09 Å². The van der Waals surface area contributed by atoms with E-state index in [4.69, 9.17) is 4.74 Å². The van der Waals surface area contributed by atoms with Crippen LogP contribution in [0.2, 0.25) is 0 Å². The van der Waals surface area contributed by atoms with Gasteiger partial charge in [0.1, 0.15) is 5.75 Å². The number of hydrogen-bond acceptors (Lipinski definition) is 4. The molecule has 1 aromatic rings. The predicted molar refractivity (Wildman–Crippen MR) is 81.1 cm³/mol.